The van der Waals surface area contributed by atoms with Crippen molar-refractivity contribution in [3.8, 4) is 11.5 Å². The fourth-order valence-corrected chi connectivity index (χ4v) is 2.48. The van der Waals surface area contributed by atoms with E-state index in [4.69, 9.17) is 15.2 Å². The zero-order valence-corrected chi connectivity index (χ0v) is 13.9. The maximum absolute atomic E-state index is 10.8. The number of hydrogen-bond acceptors (Lipinski definition) is 4. The van der Waals surface area contributed by atoms with Crippen molar-refractivity contribution in [1.82, 2.24) is 4.90 Å². The molecule has 1 aromatic rings. The van der Waals surface area contributed by atoms with Crippen LogP contribution < -0.4 is 15.2 Å². The average Bonchev–Trinajstić information content (AvgIpc) is 2.51. The van der Waals surface area contributed by atoms with Gasteiger partial charge in [-0.2, -0.15) is 0 Å². The monoisotopic (exact) mass is 308 g/mol. The van der Waals surface area contributed by atoms with E-state index in [0.29, 0.717) is 6.42 Å². The summed E-state index contributed by atoms with van der Waals surface area (Å²) in [5.41, 5.74) is 6.34. The van der Waals surface area contributed by atoms with Gasteiger partial charge in [0.2, 0.25) is 5.91 Å². The molecule has 0 aliphatic rings. The molecule has 0 radical (unpaired) electrons. The minimum absolute atomic E-state index is 0.231. The van der Waals surface area contributed by atoms with Gasteiger partial charge in [0.15, 0.2) is 0 Å². The number of nitrogens with two attached hydrogens (primary N) is 1. The van der Waals surface area contributed by atoms with Gasteiger partial charge in [-0.15, -0.1) is 0 Å². The molecule has 0 heterocycles. The molecule has 0 saturated heterocycles. The first-order valence-electron chi connectivity index (χ1n) is 7.82. The molecule has 0 saturated carbocycles. The van der Waals surface area contributed by atoms with Crippen molar-refractivity contribution in [2.45, 2.75) is 32.6 Å². The lowest BCUT2D eigenvalue weighted by Gasteiger charge is -2.22. The average molecular weight is 308 g/mol. The van der Waals surface area contributed by atoms with Crippen LogP contribution >= 0.6 is 0 Å². The van der Waals surface area contributed by atoms with Crippen LogP contribution in [0.25, 0.3) is 0 Å². The Morgan fingerprint density at radius 1 is 1.18 bits per heavy atom. The molecule has 1 amide bonds. The Labute approximate surface area is 133 Å². The number of nitrogens with zero attached hydrogens (tertiary/aromatic N) is 1. The van der Waals surface area contributed by atoms with Crippen molar-refractivity contribution < 1.29 is 14.3 Å². The molecule has 0 bridgehead atoms. The number of amides is 1. The predicted molar refractivity (Wildman–Crippen MR) is 88.4 cm³/mol. The van der Waals surface area contributed by atoms with E-state index in [1.54, 1.807) is 14.2 Å². The van der Waals surface area contributed by atoms with E-state index in [9.17, 15) is 4.79 Å². The smallest absolute Gasteiger partial charge is 0.217 e. The van der Waals surface area contributed by atoms with Crippen molar-refractivity contribution >= 4 is 5.91 Å². The Hall–Kier alpha value is -1.75. The molecule has 0 aliphatic heterocycles. The number of benzene rings is 1. The van der Waals surface area contributed by atoms with Crippen molar-refractivity contribution in [3.05, 3.63) is 23.8 Å². The van der Waals surface area contributed by atoms with Gasteiger partial charge in [-0.25, -0.2) is 0 Å². The van der Waals surface area contributed by atoms with Crippen molar-refractivity contribution in [2.75, 3.05) is 33.9 Å². The molecule has 5 nitrogen and oxygen atoms in total. The van der Waals surface area contributed by atoms with Gasteiger partial charge in [0, 0.05) is 13.0 Å². The second-order valence-corrected chi connectivity index (χ2v) is 5.34. The van der Waals surface area contributed by atoms with Crippen LogP contribution in [0.1, 0.15) is 31.7 Å². The van der Waals surface area contributed by atoms with Crippen LogP contribution in [0.5, 0.6) is 11.5 Å². The Kier molecular flexibility index (Phi) is 8.36. The maximum atomic E-state index is 10.8. The normalized spacial score (nSPS) is 10.7. The number of ether oxygens (including phenoxy) is 2. The summed E-state index contributed by atoms with van der Waals surface area (Å²) in [5.74, 6) is 1.49. The molecule has 0 aliphatic carbocycles. The lowest BCUT2D eigenvalue weighted by molar-refractivity contribution is -0.118. The number of carbonyl (C=O) groups is 1. The SMILES string of the molecule is CCCN(CCCC(N)=O)CCc1cc(OC)ccc1OC. The summed E-state index contributed by atoms with van der Waals surface area (Å²) < 4.78 is 10.7. The zero-order valence-electron chi connectivity index (χ0n) is 13.9. The summed E-state index contributed by atoms with van der Waals surface area (Å²) in [6.45, 7) is 5.00. The fourth-order valence-electron chi connectivity index (χ4n) is 2.48. The largest absolute Gasteiger partial charge is 0.497 e. The van der Waals surface area contributed by atoms with Gasteiger partial charge in [0.1, 0.15) is 11.5 Å². The molecule has 0 aromatic heterocycles. The summed E-state index contributed by atoms with van der Waals surface area (Å²) in [5, 5.41) is 0. The lowest BCUT2D eigenvalue weighted by Crippen LogP contribution is -2.29. The van der Waals surface area contributed by atoms with Crippen LogP contribution in [-0.4, -0.2) is 44.7 Å². The Balaban J connectivity index is 2.61. The quantitative estimate of drug-likeness (QED) is 0.681. The number of hydrogen-bond donors (Lipinski definition) is 1. The van der Waals surface area contributed by atoms with Gasteiger partial charge in [-0.1, -0.05) is 6.92 Å². The highest BCUT2D eigenvalue weighted by Crippen LogP contribution is 2.24. The van der Waals surface area contributed by atoms with Gasteiger partial charge in [0.25, 0.3) is 0 Å². The first-order chi connectivity index (χ1) is 10.6. The third-order valence-electron chi connectivity index (χ3n) is 3.62. The maximum Gasteiger partial charge on any atom is 0.217 e. The molecule has 1 rings (SSSR count). The van der Waals surface area contributed by atoms with Crippen LogP contribution in [0, 0.1) is 0 Å². The van der Waals surface area contributed by atoms with Crippen molar-refractivity contribution in [2.24, 2.45) is 5.73 Å². The van der Waals surface area contributed by atoms with E-state index in [-0.39, 0.29) is 5.91 Å². The third kappa shape index (κ3) is 6.35. The standard InChI is InChI=1S/C17H28N2O3/c1-4-10-19(11-5-6-17(18)20)12-9-14-13-15(21-2)7-8-16(14)22-3/h7-8,13H,4-6,9-12H2,1-3H3,(H2,18,20). The summed E-state index contributed by atoms with van der Waals surface area (Å²) in [6, 6.07) is 5.86. The lowest BCUT2D eigenvalue weighted by atomic mass is 10.1. The van der Waals surface area contributed by atoms with Crippen LogP contribution in [0.3, 0.4) is 0 Å². The van der Waals surface area contributed by atoms with Crippen LogP contribution in [-0.2, 0) is 11.2 Å². The van der Waals surface area contributed by atoms with Crippen molar-refractivity contribution in [3.63, 3.8) is 0 Å². The summed E-state index contributed by atoms with van der Waals surface area (Å²) in [7, 11) is 3.35. The summed E-state index contributed by atoms with van der Waals surface area (Å²) in [6.07, 6.45) is 3.23. The molecule has 0 unspecified atom stereocenters. The Morgan fingerprint density at radius 3 is 2.55 bits per heavy atom. The van der Waals surface area contributed by atoms with Crippen LogP contribution in [0.4, 0.5) is 0 Å². The minimum atomic E-state index is -0.231. The first-order valence-corrected chi connectivity index (χ1v) is 7.82. The van der Waals surface area contributed by atoms with Gasteiger partial charge in [-0.3, -0.25) is 4.79 Å². The van der Waals surface area contributed by atoms with Gasteiger partial charge in [0.05, 0.1) is 14.2 Å². The fraction of sp³-hybridized carbons (Fsp3) is 0.588. The molecular formula is C17H28N2O3. The summed E-state index contributed by atoms with van der Waals surface area (Å²) in [4.78, 5) is 13.2. The molecule has 2 N–H and O–H groups in total. The van der Waals surface area contributed by atoms with E-state index in [1.807, 2.05) is 18.2 Å². The van der Waals surface area contributed by atoms with E-state index in [0.717, 1.165) is 56.0 Å². The van der Waals surface area contributed by atoms with Gasteiger partial charge in [-0.05, 0) is 56.1 Å². The molecule has 0 spiro atoms. The van der Waals surface area contributed by atoms with Gasteiger partial charge < -0.3 is 20.1 Å². The Bertz CT molecular complexity index is 463. The topological polar surface area (TPSA) is 64.8 Å². The number of carbonyl (C=O) groups excluding carboxylic acids is 1. The molecule has 1 aromatic carbocycles. The van der Waals surface area contributed by atoms with Gasteiger partial charge >= 0.3 is 0 Å². The highest BCUT2D eigenvalue weighted by atomic mass is 16.5. The van der Waals surface area contributed by atoms with Crippen LogP contribution in [0.15, 0.2) is 18.2 Å². The zero-order chi connectivity index (χ0) is 16.4. The van der Waals surface area contributed by atoms with E-state index in [2.05, 4.69) is 11.8 Å². The molecule has 124 valence electrons. The van der Waals surface area contributed by atoms with Crippen LogP contribution in [0.2, 0.25) is 0 Å². The highest BCUT2D eigenvalue weighted by Gasteiger charge is 2.09. The predicted octanol–water partition coefficient (Wildman–Crippen LogP) is 2.22. The second kappa shape index (κ2) is 10.1. The third-order valence-corrected chi connectivity index (χ3v) is 3.62. The second-order valence-electron chi connectivity index (χ2n) is 5.34. The molecule has 5 heteroatoms. The van der Waals surface area contributed by atoms with Crippen molar-refractivity contribution in [1.29, 1.82) is 0 Å². The molecular weight excluding hydrogens is 280 g/mol. The Morgan fingerprint density at radius 2 is 1.95 bits per heavy atom. The molecule has 0 fully saturated rings. The van der Waals surface area contributed by atoms with E-state index < -0.39 is 0 Å². The highest BCUT2D eigenvalue weighted by molar-refractivity contribution is 5.73. The minimum Gasteiger partial charge on any atom is -0.497 e. The van der Waals surface area contributed by atoms with E-state index in [1.165, 1.54) is 0 Å². The molecule has 0 atom stereocenters. The summed E-state index contributed by atoms with van der Waals surface area (Å²) >= 11 is 0. The number of methoxy groups -OCH3 is 2. The first kappa shape index (κ1) is 18.3. The number of rotatable bonds is 11. The number of primary amides is 1. The van der Waals surface area contributed by atoms with E-state index >= 15 is 0 Å². The molecule has 22 heavy (non-hydrogen) atoms.